The van der Waals surface area contributed by atoms with Crippen LogP contribution in [0, 0.1) is 6.92 Å². The number of thiazole rings is 1. The fraction of sp³-hybridized carbons (Fsp3) is 0.235. The highest BCUT2D eigenvalue weighted by molar-refractivity contribution is 7.16. The summed E-state index contributed by atoms with van der Waals surface area (Å²) in [6, 6.07) is 5.64. The average Bonchev–Trinajstić information content (AvgIpc) is 3.10. The molecule has 0 saturated carbocycles. The Morgan fingerprint density at radius 3 is 3.09 bits per heavy atom. The molecule has 2 heterocycles. The number of Topliss-reactive ketones (excluding diaryl/α,β-unsaturated/α-hetero) is 1. The van der Waals surface area contributed by atoms with Crippen molar-refractivity contribution in [2.75, 3.05) is 5.32 Å². The predicted molar refractivity (Wildman–Crippen MR) is 90.4 cm³/mol. The van der Waals surface area contributed by atoms with Crippen LogP contribution in [0.5, 0.6) is 0 Å². The topological polar surface area (TPSA) is 74.8 Å². The molecule has 2 N–H and O–H groups in total. The van der Waals surface area contributed by atoms with Crippen LogP contribution in [0.2, 0.25) is 0 Å². The second-order valence-corrected chi connectivity index (χ2v) is 6.63. The Hall–Kier alpha value is -2.47. The van der Waals surface area contributed by atoms with Gasteiger partial charge in [-0.2, -0.15) is 0 Å². The van der Waals surface area contributed by atoms with Crippen LogP contribution in [0.4, 0.5) is 5.69 Å². The van der Waals surface area contributed by atoms with Gasteiger partial charge in [-0.25, -0.2) is 4.98 Å². The number of carbonyl (C=O) groups excluding carboxylic acids is 2. The maximum absolute atomic E-state index is 12.7. The van der Waals surface area contributed by atoms with E-state index in [9.17, 15) is 9.59 Å². The summed E-state index contributed by atoms with van der Waals surface area (Å²) in [5.74, 6) is -0.194. The highest BCUT2D eigenvalue weighted by Gasteiger charge is 2.28. The van der Waals surface area contributed by atoms with E-state index in [1.807, 2.05) is 25.1 Å². The third kappa shape index (κ3) is 2.35. The molecule has 0 unspecified atom stereocenters. The van der Waals surface area contributed by atoms with Gasteiger partial charge in [-0.1, -0.05) is 0 Å². The van der Waals surface area contributed by atoms with E-state index in [1.165, 1.54) is 0 Å². The number of aryl methyl sites for hydroxylation is 2. The number of ketones is 1. The molecular weight excluding hydrogens is 310 g/mol. The normalized spacial score (nSPS) is 14.0. The van der Waals surface area contributed by atoms with Crippen LogP contribution in [-0.2, 0) is 6.42 Å². The zero-order valence-corrected chi connectivity index (χ0v) is 13.4. The van der Waals surface area contributed by atoms with Crippen molar-refractivity contribution < 1.29 is 9.59 Å². The van der Waals surface area contributed by atoms with Gasteiger partial charge >= 0.3 is 0 Å². The molecule has 0 aliphatic heterocycles. The first-order valence-corrected chi connectivity index (χ1v) is 8.40. The van der Waals surface area contributed by atoms with Gasteiger partial charge in [0.25, 0.3) is 5.91 Å². The minimum Gasteiger partial charge on any atom is -0.361 e. The van der Waals surface area contributed by atoms with Crippen molar-refractivity contribution in [1.29, 1.82) is 0 Å². The SMILES string of the molecule is Cc1[nH]c2c(c1C(=O)Nc1ccc3scnc3c1)C(=O)CCC2. The molecule has 1 aliphatic rings. The number of H-pyrrole nitrogens is 1. The molecule has 6 heteroatoms. The highest BCUT2D eigenvalue weighted by atomic mass is 32.1. The summed E-state index contributed by atoms with van der Waals surface area (Å²) in [6.07, 6.45) is 2.17. The summed E-state index contributed by atoms with van der Waals surface area (Å²) in [5.41, 5.74) is 6.00. The molecule has 0 radical (unpaired) electrons. The minimum absolute atomic E-state index is 0.0516. The lowest BCUT2D eigenvalue weighted by atomic mass is 9.93. The third-order valence-corrected chi connectivity index (χ3v) is 5.00. The van der Waals surface area contributed by atoms with E-state index >= 15 is 0 Å². The lowest BCUT2D eigenvalue weighted by Crippen LogP contribution is -2.18. The lowest BCUT2D eigenvalue weighted by molar-refractivity contribution is 0.0956. The summed E-state index contributed by atoms with van der Waals surface area (Å²) in [7, 11) is 0. The maximum atomic E-state index is 12.7. The smallest absolute Gasteiger partial charge is 0.258 e. The van der Waals surface area contributed by atoms with Gasteiger partial charge in [0.1, 0.15) is 0 Å². The molecule has 0 spiro atoms. The standard InChI is InChI=1S/C17H15N3O2S/c1-9-15(16-11(19-9)3-2-4-13(16)21)17(22)20-10-5-6-14-12(7-10)18-8-23-14/h5-8,19H,2-4H2,1H3,(H,20,22). The van der Waals surface area contributed by atoms with E-state index < -0.39 is 0 Å². The summed E-state index contributed by atoms with van der Waals surface area (Å²) in [5, 5.41) is 2.89. The highest BCUT2D eigenvalue weighted by Crippen LogP contribution is 2.28. The Morgan fingerprint density at radius 1 is 1.35 bits per heavy atom. The molecule has 0 bridgehead atoms. The largest absolute Gasteiger partial charge is 0.361 e. The number of benzene rings is 1. The molecule has 0 saturated heterocycles. The van der Waals surface area contributed by atoms with Crippen LogP contribution < -0.4 is 5.32 Å². The monoisotopic (exact) mass is 325 g/mol. The van der Waals surface area contributed by atoms with Gasteiger partial charge in [0, 0.05) is 23.5 Å². The number of nitrogens with one attached hydrogen (secondary N) is 2. The quantitative estimate of drug-likeness (QED) is 0.754. The molecule has 0 fully saturated rings. The maximum Gasteiger partial charge on any atom is 0.258 e. The molecule has 3 aromatic rings. The number of hydrogen-bond donors (Lipinski definition) is 2. The van der Waals surface area contributed by atoms with Gasteiger partial charge in [-0.05, 0) is 38.0 Å². The number of nitrogens with zero attached hydrogens (tertiary/aromatic N) is 1. The van der Waals surface area contributed by atoms with Crippen molar-refractivity contribution >= 4 is 38.9 Å². The van der Waals surface area contributed by atoms with Crippen LogP contribution in [0.3, 0.4) is 0 Å². The first kappa shape index (κ1) is 14.1. The fourth-order valence-corrected chi connectivity index (χ4v) is 3.81. The molecule has 4 rings (SSSR count). The van der Waals surface area contributed by atoms with Gasteiger partial charge in [-0.15, -0.1) is 11.3 Å². The van der Waals surface area contributed by atoms with Gasteiger partial charge in [0.05, 0.1) is 26.9 Å². The lowest BCUT2D eigenvalue weighted by Gasteiger charge is -2.12. The van der Waals surface area contributed by atoms with Gasteiger partial charge in [-0.3, -0.25) is 9.59 Å². The van der Waals surface area contributed by atoms with Crippen LogP contribution in [0.1, 0.15) is 44.9 Å². The zero-order chi connectivity index (χ0) is 16.0. The number of anilines is 1. The van der Waals surface area contributed by atoms with Crippen LogP contribution in [0.15, 0.2) is 23.7 Å². The van der Waals surface area contributed by atoms with Crippen molar-refractivity contribution in [3.05, 3.63) is 46.2 Å². The van der Waals surface area contributed by atoms with Crippen LogP contribution in [0.25, 0.3) is 10.2 Å². The second kappa shape index (κ2) is 5.31. The van der Waals surface area contributed by atoms with E-state index in [0.717, 1.165) is 34.4 Å². The number of aromatic nitrogens is 2. The van der Waals surface area contributed by atoms with E-state index in [-0.39, 0.29) is 11.7 Å². The number of fused-ring (bicyclic) bond motifs is 2. The molecule has 0 atom stereocenters. The third-order valence-electron chi connectivity index (χ3n) is 4.19. The Morgan fingerprint density at radius 2 is 2.22 bits per heavy atom. The fourth-order valence-electron chi connectivity index (χ4n) is 3.15. The van der Waals surface area contributed by atoms with Crippen molar-refractivity contribution in [2.45, 2.75) is 26.2 Å². The molecule has 1 aromatic carbocycles. The molecule has 1 aliphatic carbocycles. The van der Waals surface area contributed by atoms with E-state index in [4.69, 9.17) is 0 Å². The molecule has 23 heavy (non-hydrogen) atoms. The van der Waals surface area contributed by atoms with Crippen LogP contribution in [-0.4, -0.2) is 21.7 Å². The first-order valence-electron chi connectivity index (χ1n) is 7.53. The molecular formula is C17H15N3O2S. The minimum atomic E-state index is -0.246. The molecule has 5 nitrogen and oxygen atoms in total. The number of carbonyl (C=O) groups is 2. The van der Waals surface area contributed by atoms with Crippen molar-refractivity contribution in [3.63, 3.8) is 0 Å². The zero-order valence-electron chi connectivity index (χ0n) is 12.6. The predicted octanol–water partition coefficient (Wildman–Crippen LogP) is 3.70. The average molecular weight is 325 g/mol. The van der Waals surface area contributed by atoms with Crippen molar-refractivity contribution in [2.24, 2.45) is 0 Å². The molecule has 116 valence electrons. The Kier molecular flexibility index (Phi) is 3.27. The Balaban J connectivity index is 1.69. The second-order valence-electron chi connectivity index (χ2n) is 5.74. The Labute approximate surface area is 136 Å². The van der Waals surface area contributed by atoms with Gasteiger partial charge in [0.15, 0.2) is 5.78 Å². The van der Waals surface area contributed by atoms with E-state index in [0.29, 0.717) is 23.2 Å². The number of amides is 1. The molecule has 2 aromatic heterocycles. The first-order chi connectivity index (χ1) is 11.1. The summed E-state index contributed by atoms with van der Waals surface area (Å²) in [6.45, 7) is 1.84. The van der Waals surface area contributed by atoms with E-state index in [1.54, 1.807) is 16.8 Å². The van der Waals surface area contributed by atoms with Crippen molar-refractivity contribution in [1.82, 2.24) is 9.97 Å². The summed E-state index contributed by atoms with van der Waals surface area (Å²) >= 11 is 1.56. The summed E-state index contributed by atoms with van der Waals surface area (Å²) in [4.78, 5) is 32.3. The van der Waals surface area contributed by atoms with Crippen molar-refractivity contribution in [3.8, 4) is 0 Å². The number of aromatic amines is 1. The van der Waals surface area contributed by atoms with E-state index in [2.05, 4.69) is 15.3 Å². The van der Waals surface area contributed by atoms with Crippen LogP contribution >= 0.6 is 11.3 Å². The van der Waals surface area contributed by atoms with Gasteiger partial charge in [0.2, 0.25) is 0 Å². The summed E-state index contributed by atoms with van der Waals surface area (Å²) < 4.78 is 1.08. The van der Waals surface area contributed by atoms with Gasteiger partial charge < -0.3 is 10.3 Å². The Bertz CT molecular complexity index is 939. The number of hydrogen-bond acceptors (Lipinski definition) is 4. The number of rotatable bonds is 2. The molecule has 1 amide bonds.